The van der Waals surface area contributed by atoms with Gasteiger partial charge in [-0.2, -0.15) is 0 Å². The third kappa shape index (κ3) is 5.71. The van der Waals surface area contributed by atoms with Gasteiger partial charge in [0.25, 0.3) is 0 Å². The van der Waals surface area contributed by atoms with Crippen molar-refractivity contribution in [3.8, 4) is 0 Å². The number of esters is 4. The molecule has 294 valence electrons. The number of ether oxygens (including phenoxy) is 7. The summed E-state index contributed by atoms with van der Waals surface area (Å²) >= 11 is 0. The smallest absolute Gasteiger partial charge is 0.348 e. The Labute approximate surface area is 303 Å². The molecule has 3 aliphatic carbocycles. The molecule has 6 rings (SSSR count). The van der Waals surface area contributed by atoms with Crippen LogP contribution in [-0.2, 0) is 57.1 Å². The monoisotopic (exact) mass is 754 g/mol. The lowest BCUT2D eigenvalue weighted by atomic mass is 9.38. The number of methoxy groups -OCH3 is 1. The fraction of sp³-hybridized carbons (Fsp3) is 0.743. The zero-order chi connectivity index (χ0) is 39.2. The minimum atomic E-state index is -2.40. The number of hydrogen-bond donors (Lipinski definition) is 6. The lowest BCUT2D eigenvalue weighted by Gasteiger charge is -2.67. The van der Waals surface area contributed by atoms with Gasteiger partial charge in [0.05, 0.1) is 32.3 Å². The van der Waals surface area contributed by atoms with Gasteiger partial charge in [0.15, 0.2) is 11.5 Å². The fourth-order valence-corrected chi connectivity index (χ4v) is 10.1. The van der Waals surface area contributed by atoms with Gasteiger partial charge >= 0.3 is 23.9 Å². The van der Waals surface area contributed by atoms with Crippen molar-refractivity contribution in [1.29, 1.82) is 0 Å². The van der Waals surface area contributed by atoms with Crippen LogP contribution in [-0.4, -0.2) is 147 Å². The summed E-state index contributed by atoms with van der Waals surface area (Å²) in [6.07, 6.45) is -13.3. The highest BCUT2D eigenvalue weighted by molar-refractivity contribution is 5.96. The first-order chi connectivity index (χ1) is 24.7. The van der Waals surface area contributed by atoms with Crippen molar-refractivity contribution >= 4 is 29.7 Å². The van der Waals surface area contributed by atoms with Crippen LogP contribution in [0.2, 0.25) is 0 Å². The molecule has 15 atom stereocenters. The first-order valence-corrected chi connectivity index (χ1v) is 17.3. The molecule has 3 aliphatic heterocycles. The van der Waals surface area contributed by atoms with Crippen molar-refractivity contribution in [2.75, 3.05) is 20.3 Å². The number of aliphatic hydroxyl groups excluding tert-OH is 6. The predicted octanol–water partition coefficient (Wildman–Crippen LogP) is -2.29. The number of rotatable bonds is 8. The third-order valence-corrected chi connectivity index (χ3v) is 12.2. The summed E-state index contributed by atoms with van der Waals surface area (Å²) in [5, 5.41) is 64.6. The molecule has 5 fully saturated rings. The first-order valence-electron chi connectivity index (χ1n) is 17.3. The van der Waals surface area contributed by atoms with Gasteiger partial charge in [-0.05, 0) is 50.2 Å². The number of carbonyl (C=O) groups excluding carboxylic acids is 5. The van der Waals surface area contributed by atoms with Gasteiger partial charge in [-0.15, -0.1) is 0 Å². The second kappa shape index (κ2) is 13.4. The normalized spacial score (nSPS) is 44.8. The Balaban J connectivity index is 1.40. The van der Waals surface area contributed by atoms with E-state index >= 15 is 0 Å². The summed E-state index contributed by atoms with van der Waals surface area (Å²) in [5.41, 5.74) is -6.13. The molecule has 0 aromatic carbocycles. The van der Waals surface area contributed by atoms with Crippen molar-refractivity contribution in [2.45, 2.75) is 114 Å². The molecule has 2 saturated carbocycles. The largest absolute Gasteiger partial charge is 0.467 e. The minimum absolute atomic E-state index is 0.0174. The number of hydrogen-bond acceptors (Lipinski definition) is 18. The van der Waals surface area contributed by atoms with Crippen molar-refractivity contribution < 1.29 is 87.8 Å². The molecule has 3 heterocycles. The van der Waals surface area contributed by atoms with Gasteiger partial charge in [-0.25, -0.2) is 14.4 Å². The Hall–Kier alpha value is -3.49. The van der Waals surface area contributed by atoms with Gasteiger partial charge in [0.1, 0.15) is 42.2 Å². The van der Waals surface area contributed by atoms with Crippen LogP contribution in [0.1, 0.15) is 47.5 Å². The lowest BCUT2D eigenvalue weighted by molar-refractivity contribution is -0.296. The van der Waals surface area contributed by atoms with E-state index in [1.165, 1.54) is 26.8 Å². The lowest BCUT2D eigenvalue weighted by Crippen LogP contribution is -2.79. The zero-order valence-corrected chi connectivity index (χ0v) is 30.0. The van der Waals surface area contributed by atoms with Gasteiger partial charge in [0.2, 0.25) is 18.0 Å². The Kier molecular flexibility index (Phi) is 9.89. The fourth-order valence-electron chi connectivity index (χ4n) is 10.1. The summed E-state index contributed by atoms with van der Waals surface area (Å²) < 4.78 is 39.3. The number of Topliss-reactive ketones (excluding diaryl/α,β-unsaturated/α-hetero) is 1. The number of aliphatic hydroxyl groups is 6. The van der Waals surface area contributed by atoms with E-state index in [9.17, 15) is 54.6 Å². The SMILES string of the molecule is COC(=O)C12OCC34C(CC5C(C)=C(OC6OC(CO)C(O)C(O)C6O)C(=O)CC5(C)C3C(O)C1O)OC(=O)C(OC(=O)C=CC(C)(C)OC(C)=O)C24. The van der Waals surface area contributed by atoms with Crippen LogP contribution in [0.3, 0.4) is 0 Å². The molecule has 2 bridgehead atoms. The molecular formula is C35H46O18. The summed E-state index contributed by atoms with van der Waals surface area (Å²) in [7, 11) is 1.03. The third-order valence-electron chi connectivity index (χ3n) is 12.2. The maximum absolute atomic E-state index is 14.0. The standard InChI is InChI=1S/C35H46O18/c1-13-15-9-18-34-12-48-35(31(46)47-6,27(34)25(29(45)50-18)51-19(39)7-8-32(3,4)53-14(2)37)28(44)23(43)26(34)33(15,5)10-16(38)24(13)52-30-22(42)21(41)20(40)17(11-36)49-30/h7-8,15,17-18,20-23,25-28,30,36,40-44H,9-12H2,1-6H3. The topological polar surface area (TPSA) is 271 Å². The zero-order valence-electron chi connectivity index (χ0n) is 30.0. The van der Waals surface area contributed by atoms with Crippen molar-refractivity contribution in [1.82, 2.24) is 0 Å². The number of fused-ring (bicyclic) bond motifs is 2. The average molecular weight is 755 g/mol. The molecule has 6 aliphatic rings. The van der Waals surface area contributed by atoms with E-state index in [2.05, 4.69) is 0 Å². The van der Waals surface area contributed by atoms with Gasteiger partial charge in [-0.3, -0.25) is 9.59 Å². The molecule has 0 radical (unpaired) electrons. The van der Waals surface area contributed by atoms with Crippen LogP contribution in [0.5, 0.6) is 0 Å². The molecule has 18 nitrogen and oxygen atoms in total. The first kappa shape index (κ1) is 39.2. The number of carbonyl (C=O) groups is 5. The molecule has 0 aromatic heterocycles. The van der Waals surface area contributed by atoms with Gasteiger partial charge < -0.3 is 63.8 Å². The summed E-state index contributed by atoms with van der Waals surface area (Å²) in [6, 6.07) is 0. The highest BCUT2D eigenvalue weighted by Gasteiger charge is 2.85. The number of ketones is 1. The summed E-state index contributed by atoms with van der Waals surface area (Å²) in [6.45, 7) is 6.34. The molecule has 1 spiro atoms. The van der Waals surface area contributed by atoms with Crippen LogP contribution in [0, 0.1) is 28.6 Å². The predicted molar refractivity (Wildman–Crippen MR) is 170 cm³/mol. The summed E-state index contributed by atoms with van der Waals surface area (Å²) in [5.74, 6) is -8.11. The molecule has 3 saturated heterocycles. The maximum atomic E-state index is 14.0. The second-order valence-corrected chi connectivity index (χ2v) is 15.6. The van der Waals surface area contributed by atoms with E-state index in [0.717, 1.165) is 13.2 Å². The second-order valence-electron chi connectivity index (χ2n) is 15.6. The van der Waals surface area contributed by atoms with Crippen LogP contribution in [0.4, 0.5) is 0 Å². The molecule has 0 amide bonds. The van der Waals surface area contributed by atoms with Gasteiger partial charge in [-0.1, -0.05) is 6.92 Å². The highest BCUT2D eigenvalue weighted by Crippen LogP contribution is 2.73. The Morgan fingerprint density at radius 1 is 1.02 bits per heavy atom. The molecule has 15 unspecified atom stereocenters. The van der Waals surface area contributed by atoms with E-state index in [1.807, 2.05) is 0 Å². The molecule has 0 aromatic rings. The molecule has 6 N–H and O–H groups in total. The Morgan fingerprint density at radius 2 is 1.70 bits per heavy atom. The van der Waals surface area contributed by atoms with Crippen molar-refractivity contribution in [2.24, 2.45) is 28.6 Å². The molecular weight excluding hydrogens is 708 g/mol. The van der Waals surface area contributed by atoms with E-state index in [-0.39, 0.29) is 25.2 Å². The van der Waals surface area contributed by atoms with Gasteiger partial charge in [0, 0.05) is 30.8 Å². The van der Waals surface area contributed by atoms with Crippen LogP contribution < -0.4 is 0 Å². The van der Waals surface area contributed by atoms with Crippen LogP contribution >= 0.6 is 0 Å². The summed E-state index contributed by atoms with van der Waals surface area (Å²) in [4.78, 5) is 66.3. The van der Waals surface area contributed by atoms with E-state index in [4.69, 9.17) is 33.2 Å². The van der Waals surface area contributed by atoms with Crippen molar-refractivity contribution in [3.63, 3.8) is 0 Å². The Morgan fingerprint density at radius 3 is 2.32 bits per heavy atom. The Bertz CT molecular complexity index is 1620. The van der Waals surface area contributed by atoms with Crippen LogP contribution in [0.25, 0.3) is 0 Å². The molecule has 53 heavy (non-hydrogen) atoms. The van der Waals surface area contributed by atoms with E-state index in [1.54, 1.807) is 13.8 Å². The van der Waals surface area contributed by atoms with E-state index < -0.39 is 131 Å². The van der Waals surface area contributed by atoms with Crippen molar-refractivity contribution in [3.05, 3.63) is 23.5 Å². The quantitative estimate of drug-likeness (QED) is 0.0864. The number of allylic oxidation sites excluding steroid dienone is 2. The molecule has 18 heteroatoms. The minimum Gasteiger partial charge on any atom is -0.467 e. The maximum Gasteiger partial charge on any atom is 0.348 e. The van der Waals surface area contributed by atoms with E-state index in [0.29, 0.717) is 5.57 Å². The van der Waals surface area contributed by atoms with Crippen LogP contribution in [0.15, 0.2) is 23.5 Å². The highest BCUT2D eigenvalue weighted by atomic mass is 16.7. The average Bonchev–Trinajstić information content (AvgIpc) is 3.39.